The number of furan rings is 1. The van der Waals surface area contributed by atoms with Gasteiger partial charge in [-0.05, 0) is 55.6 Å². The molecule has 4 aromatic rings. The summed E-state index contributed by atoms with van der Waals surface area (Å²) in [6.45, 7) is 5.34. The van der Waals surface area contributed by atoms with Crippen molar-refractivity contribution in [1.29, 1.82) is 0 Å². The van der Waals surface area contributed by atoms with Crippen LogP contribution in [0.25, 0.3) is 33.9 Å². The zero-order valence-electron chi connectivity index (χ0n) is 20.9. The number of aromatic nitrogens is 4. The summed E-state index contributed by atoms with van der Waals surface area (Å²) < 4.78 is 25.9. The monoisotopic (exact) mass is 502 g/mol. The Labute approximate surface area is 214 Å². The number of nitrogens with one attached hydrogen (secondary N) is 2. The Bertz CT molecular complexity index is 1420. The summed E-state index contributed by atoms with van der Waals surface area (Å²) in [7, 11) is 0. The van der Waals surface area contributed by atoms with Crippen molar-refractivity contribution in [3.63, 3.8) is 0 Å². The van der Waals surface area contributed by atoms with Crippen molar-refractivity contribution in [1.82, 2.24) is 19.9 Å². The lowest BCUT2D eigenvalue weighted by atomic mass is 9.62. The smallest absolute Gasteiger partial charge is 0.196 e. The second kappa shape index (κ2) is 9.13. The van der Waals surface area contributed by atoms with Crippen molar-refractivity contribution < 1.29 is 13.5 Å². The van der Waals surface area contributed by atoms with E-state index in [1.54, 1.807) is 6.20 Å². The average molecular weight is 503 g/mol. The van der Waals surface area contributed by atoms with Crippen molar-refractivity contribution in [2.45, 2.75) is 38.6 Å². The van der Waals surface area contributed by atoms with Gasteiger partial charge in [0.25, 0.3) is 0 Å². The van der Waals surface area contributed by atoms with Gasteiger partial charge in [-0.3, -0.25) is 0 Å². The van der Waals surface area contributed by atoms with Crippen molar-refractivity contribution in [3.05, 3.63) is 42.5 Å². The largest absolute Gasteiger partial charge is 0.439 e. The molecule has 192 valence electrons. The van der Waals surface area contributed by atoms with E-state index in [9.17, 15) is 4.39 Å². The first-order valence-corrected chi connectivity index (χ1v) is 13.3. The highest BCUT2D eigenvalue weighted by Crippen LogP contribution is 2.46. The number of fused-ring (bicyclic) bond motifs is 4. The number of hydrogen-bond acceptors (Lipinski definition) is 7. The molecule has 37 heavy (non-hydrogen) atoms. The Morgan fingerprint density at radius 2 is 1.86 bits per heavy atom. The van der Waals surface area contributed by atoms with E-state index >= 15 is 0 Å². The molecule has 3 aliphatic carbocycles. The quantitative estimate of drug-likeness (QED) is 0.373. The van der Waals surface area contributed by atoms with Gasteiger partial charge in [0.1, 0.15) is 23.0 Å². The van der Waals surface area contributed by atoms with Crippen LogP contribution in [0.4, 0.5) is 16.1 Å². The van der Waals surface area contributed by atoms with Gasteiger partial charge < -0.3 is 24.4 Å². The molecule has 0 amide bonds. The van der Waals surface area contributed by atoms with Crippen molar-refractivity contribution >= 4 is 22.7 Å². The number of H-pyrrole nitrogens is 1. The Hall–Kier alpha value is -3.46. The van der Waals surface area contributed by atoms with E-state index in [1.807, 2.05) is 18.2 Å². The van der Waals surface area contributed by atoms with Gasteiger partial charge in [0.05, 0.1) is 19.4 Å². The number of morpholine rings is 1. The Morgan fingerprint density at radius 3 is 2.68 bits per heavy atom. The average Bonchev–Trinajstić information content (AvgIpc) is 3.59. The molecule has 0 spiro atoms. The number of hydrogen-bond donors (Lipinski definition) is 2. The third kappa shape index (κ3) is 4.15. The van der Waals surface area contributed by atoms with E-state index in [1.165, 1.54) is 37.9 Å². The minimum absolute atomic E-state index is 0.380. The number of aromatic amines is 1. The molecule has 2 N–H and O–H groups in total. The molecule has 4 fully saturated rings. The first-order valence-electron chi connectivity index (χ1n) is 13.3. The summed E-state index contributed by atoms with van der Waals surface area (Å²) >= 11 is 0. The molecule has 9 heteroatoms. The van der Waals surface area contributed by atoms with Gasteiger partial charge >= 0.3 is 0 Å². The lowest BCUT2D eigenvalue weighted by Gasteiger charge is -2.47. The Balaban J connectivity index is 1.29. The van der Waals surface area contributed by atoms with Crippen LogP contribution >= 0.6 is 0 Å². The molecule has 0 radical (unpaired) electrons. The maximum atomic E-state index is 14.1. The summed E-state index contributed by atoms with van der Waals surface area (Å²) in [4.78, 5) is 19.3. The highest BCUT2D eigenvalue weighted by Gasteiger charge is 2.41. The van der Waals surface area contributed by atoms with E-state index in [4.69, 9.17) is 19.1 Å². The fourth-order valence-corrected chi connectivity index (χ4v) is 6.52. The van der Waals surface area contributed by atoms with Crippen LogP contribution in [-0.2, 0) is 4.74 Å². The number of halogens is 1. The predicted molar refractivity (Wildman–Crippen MR) is 140 cm³/mol. The molecule has 1 aliphatic heterocycles. The van der Waals surface area contributed by atoms with Crippen molar-refractivity contribution in [3.8, 4) is 22.8 Å². The van der Waals surface area contributed by atoms with Gasteiger partial charge in [-0.25, -0.2) is 19.3 Å². The first-order chi connectivity index (χ1) is 18.1. The molecule has 4 aromatic heterocycles. The zero-order chi connectivity index (χ0) is 24.9. The molecule has 5 heterocycles. The van der Waals surface area contributed by atoms with Crippen molar-refractivity contribution in [2.24, 2.45) is 17.8 Å². The topological polar surface area (TPSA) is 92.1 Å². The summed E-state index contributed by atoms with van der Waals surface area (Å²) in [5, 5.41) is 4.44. The summed E-state index contributed by atoms with van der Waals surface area (Å²) in [5.74, 6) is 4.40. The maximum Gasteiger partial charge on any atom is 0.196 e. The summed E-state index contributed by atoms with van der Waals surface area (Å²) in [5.41, 5.74) is 2.01. The van der Waals surface area contributed by atoms with Crippen LogP contribution in [0.5, 0.6) is 0 Å². The summed E-state index contributed by atoms with van der Waals surface area (Å²) in [6.07, 6.45) is 8.20. The minimum Gasteiger partial charge on any atom is -0.439 e. The molecular formula is C28H31FN6O2. The number of pyridine rings is 1. The highest BCUT2D eigenvalue weighted by atomic mass is 19.1. The van der Waals surface area contributed by atoms with Crippen LogP contribution in [0.3, 0.4) is 0 Å². The zero-order valence-corrected chi connectivity index (χ0v) is 20.9. The standard InChI is InChI=1S/C28H31FN6O2/c1-16-17-2-4-18(5-3-17)26(16)33-24-13-22(23-6-7-25(37-23)35-8-10-36-11-9-35)32-28(34-24)21-15-31-27-20(21)12-19(29)14-30-27/h6-7,12-18,26H,2-5,8-11H2,1H3,(H,30,31)(H,32,33,34). The number of nitrogens with zero attached hydrogens (tertiary/aromatic N) is 4. The molecule has 8 nitrogen and oxygen atoms in total. The fraction of sp³-hybridized carbons (Fsp3) is 0.464. The molecule has 8 rings (SSSR count). The highest BCUT2D eigenvalue weighted by molar-refractivity contribution is 5.92. The summed E-state index contributed by atoms with van der Waals surface area (Å²) in [6, 6.07) is 7.79. The molecule has 0 aromatic carbocycles. The van der Waals surface area contributed by atoms with Crippen LogP contribution in [0.2, 0.25) is 0 Å². The van der Waals surface area contributed by atoms with Crippen LogP contribution in [-0.4, -0.2) is 52.3 Å². The van der Waals surface area contributed by atoms with Crippen LogP contribution < -0.4 is 10.2 Å². The van der Waals surface area contributed by atoms with E-state index in [0.29, 0.717) is 65.0 Å². The van der Waals surface area contributed by atoms with Crippen molar-refractivity contribution in [2.75, 3.05) is 36.5 Å². The Morgan fingerprint density at radius 1 is 1.05 bits per heavy atom. The second-order valence-corrected chi connectivity index (χ2v) is 10.7. The second-order valence-electron chi connectivity index (χ2n) is 10.7. The third-order valence-electron chi connectivity index (χ3n) is 8.58. The van der Waals surface area contributed by atoms with E-state index in [2.05, 4.69) is 27.1 Å². The van der Waals surface area contributed by atoms with E-state index in [-0.39, 0.29) is 0 Å². The lowest BCUT2D eigenvalue weighted by molar-refractivity contribution is 0.0928. The minimum atomic E-state index is -0.393. The van der Waals surface area contributed by atoms with E-state index in [0.717, 1.165) is 30.7 Å². The van der Waals surface area contributed by atoms with E-state index < -0.39 is 5.82 Å². The normalized spacial score (nSPS) is 25.6. The van der Waals surface area contributed by atoms with Crippen LogP contribution in [0.15, 0.2) is 41.1 Å². The maximum absolute atomic E-state index is 14.1. The third-order valence-corrected chi connectivity index (χ3v) is 8.58. The molecule has 4 aliphatic rings. The lowest BCUT2D eigenvalue weighted by Crippen LogP contribution is -2.47. The molecule has 2 unspecified atom stereocenters. The van der Waals surface area contributed by atoms with Gasteiger partial charge in [0, 0.05) is 48.4 Å². The van der Waals surface area contributed by atoms with Crippen LogP contribution in [0, 0.1) is 23.6 Å². The van der Waals surface area contributed by atoms with Crippen LogP contribution in [0.1, 0.15) is 32.6 Å². The van der Waals surface area contributed by atoms with Gasteiger partial charge in [0.2, 0.25) is 0 Å². The number of ether oxygens (including phenoxy) is 1. The van der Waals surface area contributed by atoms with Gasteiger partial charge in [-0.2, -0.15) is 0 Å². The molecular weight excluding hydrogens is 471 g/mol. The van der Waals surface area contributed by atoms with Gasteiger partial charge in [-0.15, -0.1) is 0 Å². The number of anilines is 2. The fourth-order valence-electron chi connectivity index (χ4n) is 6.52. The SMILES string of the molecule is CC1C2CCC(CC2)C1Nc1cc(-c2ccc(N3CCOCC3)o2)nc(-c2c[nH]c3ncc(F)cc23)n1. The predicted octanol–water partition coefficient (Wildman–Crippen LogP) is 5.49. The molecule has 2 bridgehead atoms. The van der Waals surface area contributed by atoms with Gasteiger partial charge in [0.15, 0.2) is 17.5 Å². The molecule has 2 atom stereocenters. The molecule has 1 saturated heterocycles. The molecule has 3 saturated carbocycles. The van der Waals surface area contributed by atoms with Gasteiger partial charge in [-0.1, -0.05) is 6.92 Å². The Kier molecular flexibility index (Phi) is 5.61. The first kappa shape index (κ1) is 22.7. The number of rotatable bonds is 5.